The van der Waals surface area contributed by atoms with E-state index in [2.05, 4.69) is 31.1 Å². The number of benzene rings is 1. The van der Waals surface area contributed by atoms with Gasteiger partial charge in [-0.05, 0) is 55.5 Å². The van der Waals surface area contributed by atoms with Gasteiger partial charge in [-0.15, -0.1) is 0 Å². The van der Waals surface area contributed by atoms with Gasteiger partial charge in [0.1, 0.15) is 5.69 Å². The molecular formula is C20H21N3O2. The van der Waals surface area contributed by atoms with Crippen LogP contribution in [-0.2, 0) is 13.5 Å². The molecule has 0 aliphatic carbocycles. The first-order valence-corrected chi connectivity index (χ1v) is 8.53. The van der Waals surface area contributed by atoms with Crippen molar-refractivity contribution in [2.24, 2.45) is 7.05 Å². The fourth-order valence-corrected chi connectivity index (χ4v) is 3.69. The number of nitrogens with zero attached hydrogens (tertiary/aromatic N) is 3. The molecule has 0 radical (unpaired) electrons. The topological polar surface area (TPSA) is 51.3 Å². The van der Waals surface area contributed by atoms with Crippen LogP contribution in [0.15, 0.2) is 41.3 Å². The van der Waals surface area contributed by atoms with Gasteiger partial charge in [-0.1, -0.05) is 6.07 Å². The first-order valence-electron chi connectivity index (χ1n) is 8.53. The second-order valence-electron chi connectivity index (χ2n) is 6.72. The normalized spacial score (nSPS) is 13.8. The maximum atomic E-state index is 13.4. The van der Waals surface area contributed by atoms with E-state index in [0.717, 1.165) is 30.6 Å². The number of hydrogen-bond donors (Lipinski definition) is 0. The Labute approximate surface area is 146 Å². The molecule has 128 valence electrons. The molecule has 0 N–H and O–H groups in total. The molecule has 0 fully saturated rings. The number of rotatable bonds is 2. The van der Waals surface area contributed by atoms with Crippen LogP contribution in [0.3, 0.4) is 0 Å². The number of aromatic nitrogens is 2. The van der Waals surface area contributed by atoms with Crippen molar-refractivity contribution in [1.29, 1.82) is 0 Å². The van der Waals surface area contributed by atoms with E-state index >= 15 is 0 Å². The van der Waals surface area contributed by atoms with Crippen molar-refractivity contribution in [3.8, 4) is 11.3 Å². The summed E-state index contributed by atoms with van der Waals surface area (Å²) in [6.45, 7) is 4.93. The minimum atomic E-state index is -0.00440. The minimum absolute atomic E-state index is 0.00440. The highest BCUT2D eigenvalue weighted by Gasteiger charge is 2.28. The van der Waals surface area contributed by atoms with Crippen LogP contribution in [0, 0.1) is 13.8 Å². The molecule has 0 bridgehead atoms. The Hall–Kier alpha value is -2.82. The molecule has 3 aromatic rings. The Kier molecular flexibility index (Phi) is 3.71. The molecule has 4 rings (SSSR count). The van der Waals surface area contributed by atoms with Gasteiger partial charge in [-0.25, -0.2) is 0 Å². The minimum Gasteiger partial charge on any atom is -0.472 e. The maximum Gasteiger partial charge on any atom is 0.262 e. The molecule has 0 spiro atoms. The summed E-state index contributed by atoms with van der Waals surface area (Å²) >= 11 is 0. The molecule has 0 unspecified atom stereocenters. The van der Waals surface area contributed by atoms with Crippen LogP contribution in [0.5, 0.6) is 0 Å². The molecule has 2 aromatic heterocycles. The standard InChI is InChI=1S/C20H21N3O2/c1-13-9-14(2)16-5-4-7-23(18(16)10-13)20(24)17-11-22(3)21-19(17)15-6-8-25-12-15/h6,8-12H,4-5,7H2,1-3H3. The van der Waals surface area contributed by atoms with Gasteiger partial charge < -0.3 is 9.32 Å². The van der Waals surface area contributed by atoms with Crippen molar-refractivity contribution in [3.63, 3.8) is 0 Å². The molecule has 3 heterocycles. The van der Waals surface area contributed by atoms with E-state index in [1.807, 2.05) is 18.0 Å². The third kappa shape index (κ3) is 2.65. The average Bonchev–Trinajstić information content (AvgIpc) is 3.22. The Morgan fingerprint density at radius 2 is 2.12 bits per heavy atom. The monoisotopic (exact) mass is 335 g/mol. The molecule has 1 aliphatic heterocycles. The van der Waals surface area contributed by atoms with Crippen molar-refractivity contribution in [1.82, 2.24) is 9.78 Å². The van der Waals surface area contributed by atoms with E-state index in [0.29, 0.717) is 11.3 Å². The van der Waals surface area contributed by atoms with E-state index in [1.165, 1.54) is 16.7 Å². The Balaban J connectivity index is 1.80. The van der Waals surface area contributed by atoms with E-state index in [1.54, 1.807) is 23.4 Å². The van der Waals surface area contributed by atoms with Crippen LogP contribution < -0.4 is 4.90 Å². The second-order valence-corrected chi connectivity index (χ2v) is 6.72. The summed E-state index contributed by atoms with van der Waals surface area (Å²) in [6, 6.07) is 6.14. The first-order chi connectivity index (χ1) is 12.0. The quantitative estimate of drug-likeness (QED) is 0.714. The predicted octanol–water partition coefficient (Wildman–Crippen LogP) is 3.89. The van der Waals surface area contributed by atoms with Gasteiger partial charge in [-0.2, -0.15) is 5.10 Å². The molecule has 1 aromatic carbocycles. The maximum absolute atomic E-state index is 13.4. The van der Waals surface area contributed by atoms with Crippen molar-refractivity contribution >= 4 is 11.6 Å². The van der Waals surface area contributed by atoms with Crippen LogP contribution in [0.2, 0.25) is 0 Å². The van der Waals surface area contributed by atoms with Gasteiger partial charge in [0, 0.05) is 31.0 Å². The molecule has 5 nitrogen and oxygen atoms in total. The van der Waals surface area contributed by atoms with Gasteiger partial charge in [0.25, 0.3) is 5.91 Å². The number of fused-ring (bicyclic) bond motifs is 1. The smallest absolute Gasteiger partial charge is 0.262 e. The highest BCUT2D eigenvalue weighted by molar-refractivity contribution is 6.10. The van der Waals surface area contributed by atoms with E-state index < -0.39 is 0 Å². The fraction of sp³-hybridized carbons (Fsp3) is 0.300. The fourth-order valence-electron chi connectivity index (χ4n) is 3.69. The second kappa shape index (κ2) is 5.92. The molecule has 0 saturated carbocycles. The number of carbonyl (C=O) groups is 1. The summed E-state index contributed by atoms with van der Waals surface area (Å²) in [7, 11) is 1.83. The zero-order chi connectivity index (χ0) is 17.6. The summed E-state index contributed by atoms with van der Waals surface area (Å²) in [5.41, 5.74) is 6.84. The number of aryl methyl sites for hydroxylation is 3. The average molecular weight is 335 g/mol. The van der Waals surface area contributed by atoms with Crippen LogP contribution in [-0.4, -0.2) is 22.2 Å². The lowest BCUT2D eigenvalue weighted by Crippen LogP contribution is -2.36. The van der Waals surface area contributed by atoms with Crippen molar-refractivity contribution in [2.75, 3.05) is 11.4 Å². The highest BCUT2D eigenvalue weighted by Crippen LogP contribution is 2.33. The molecule has 0 saturated heterocycles. The highest BCUT2D eigenvalue weighted by atomic mass is 16.3. The Morgan fingerprint density at radius 3 is 2.88 bits per heavy atom. The van der Waals surface area contributed by atoms with Crippen molar-refractivity contribution < 1.29 is 9.21 Å². The number of amides is 1. The zero-order valence-electron chi connectivity index (χ0n) is 14.7. The summed E-state index contributed by atoms with van der Waals surface area (Å²) in [6.07, 6.45) is 7.01. The molecule has 0 atom stereocenters. The largest absolute Gasteiger partial charge is 0.472 e. The third-order valence-electron chi connectivity index (χ3n) is 4.79. The van der Waals surface area contributed by atoms with Crippen LogP contribution in [0.25, 0.3) is 11.3 Å². The van der Waals surface area contributed by atoms with E-state index in [9.17, 15) is 4.79 Å². The lowest BCUT2D eigenvalue weighted by molar-refractivity contribution is 0.0985. The van der Waals surface area contributed by atoms with Crippen LogP contribution in [0.1, 0.15) is 33.5 Å². The van der Waals surface area contributed by atoms with Crippen molar-refractivity contribution in [3.05, 3.63) is 59.2 Å². The lowest BCUT2D eigenvalue weighted by Gasteiger charge is -2.31. The van der Waals surface area contributed by atoms with E-state index in [4.69, 9.17) is 4.42 Å². The van der Waals surface area contributed by atoms with Gasteiger partial charge >= 0.3 is 0 Å². The third-order valence-corrected chi connectivity index (χ3v) is 4.79. The molecule has 1 aliphatic rings. The van der Waals surface area contributed by atoms with Crippen LogP contribution in [0.4, 0.5) is 5.69 Å². The summed E-state index contributed by atoms with van der Waals surface area (Å²) in [5.74, 6) is -0.00440. The summed E-state index contributed by atoms with van der Waals surface area (Å²) in [5, 5.41) is 4.47. The molecule has 5 heteroatoms. The summed E-state index contributed by atoms with van der Waals surface area (Å²) in [4.78, 5) is 15.3. The summed E-state index contributed by atoms with van der Waals surface area (Å²) < 4.78 is 6.85. The molecule has 25 heavy (non-hydrogen) atoms. The molecule has 1 amide bonds. The number of furan rings is 1. The number of hydrogen-bond acceptors (Lipinski definition) is 3. The number of anilines is 1. The zero-order valence-corrected chi connectivity index (χ0v) is 14.7. The van der Waals surface area contributed by atoms with E-state index in [-0.39, 0.29) is 5.91 Å². The number of carbonyl (C=O) groups excluding carboxylic acids is 1. The van der Waals surface area contributed by atoms with Gasteiger partial charge in [0.2, 0.25) is 0 Å². The Morgan fingerprint density at radius 1 is 1.28 bits per heavy atom. The molecular weight excluding hydrogens is 314 g/mol. The van der Waals surface area contributed by atoms with Crippen molar-refractivity contribution in [2.45, 2.75) is 26.7 Å². The van der Waals surface area contributed by atoms with Crippen LogP contribution >= 0.6 is 0 Å². The predicted molar refractivity (Wildman–Crippen MR) is 96.8 cm³/mol. The first kappa shape index (κ1) is 15.7. The lowest BCUT2D eigenvalue weighted by atomic mass is 9.94. The van der Waals surface area contributed by atoms with Gasteiger partial charge in [0.05, 0.1) is 18.1 Å². The van der Waals surface area contributed by atoms with Gasteiger partial charge in [0.15, 0.2) is 0 Å². The SMILES string of the molecule is Cc1cc(C)c2c(c1)N(C(=O)c1cn(C)nc1-c1ccoc1)CCC2. The van der Waals surface area contributed by atoms with Gasteiger partial charge in [-0.3, -0.25) is 9.48 Å². The Bertz CT molecular complexity index is 938.